The lowest BCUT2D eigenvalue weighted by molar-refractivity contribution is -0.123. The van der Waals surface area contributed by atoms with Crippen molar-refractivity contribution in [1.29, 1.82) is 0 Å². The number of amides is 1. The number of rotatable bonds is 6. The number of carbonyl (C=O) groups is 1. The number of hydrogen-bond donors (Lipinski definition) is 1. The van der Waals surface area contributed by atoms with Crippen LogP contribution in [0.4, 0.5) is 0 Å². The first-order chi connectivity index (χ1) is 11.0. The maximum Gasteiger partial charge on any atom is 0.266 e. The largest absolute Gasteiger partial charge is 0.483 e. The van der Waals surface area contributed by atoms with Gasteiger partial charge < -0.3 is 10.1 Å². The van der Waals surface area contributed by atoms with Crippen molar-refractivity contribution < 1.29 is 9.53 Å². The Morgan fingerprint density at radius 3 is 2.78 bits per heavy atom. The van der Waals surface area contributed by atoms with Crippen LogP contribution in [-0.4, -0.2) is 28.8 Å². The van der Waals surface area contributed by atoms with Crippen LogP contribution < -0.4 is 15.6 Å². The average Bonchev–Trinajstić information content (AvgIpc) is 2.51. The third-order valence-corrected chi connectivity index (χ3v) is 3.35. The Hall–Kier alpha value is -2.63. The minimum atomic E-state index is -0.230. The van der Waals surface area contributed by atoms with Gasteiger partial charge >= 0.3 is 0 Å². The second-order valence-electron chi connectivity index (χ2n) is 5.44. The zero-order chi connectivity index (χ0) is 16.8. The van der Waals surface area contributed by atoms with Crippen molar-refractivity contribution in [3.05, 3.63) is 57.5 Å². The van der Waals surface area contributed by atoms with E-state index in [0.29, 0.717) is 18.8 Å². The van der Waals surface area contributed by atoms with E-state index in [-0.39, 0.29) is 18.1 Å². The van der Waals surface area contributed by atoms with Gasteiger partial charge in [0, 0.05) is 12.6 Å². The summed E-state index contributed by atoms with van der Waals surface area (Å²) in [5.41, 5.74) is 2.64. The topological polar surface area (TPSA) is 73.2 Å². The zero-order valence-electron chi connectivity index (χ0n) is 13.6. The molecule has 2 rings (SSSR count). The van der Waals surface area contributed by atoms with Gasteiger partial charge in [-0.25, -0.2) is 4.68 Å². The molecule has 0 bridgehead atoms. The molecule has 1 aromatic heterocycles. The first kappa shape index (κ1) is 16.7. The second-order valence-corrected chi connectivity index (χ2v) is 5.44. The van der Waals surface area contributed by atoms with Gasteiger partial charge in [0.25, 0.3) is 11.5 Å². The van der Waals surface area contributed by atoms with Gasteiger partial charge in [0.2, 0.25) is 0 Å². The molecule has 1 aromatic carbocycles. The average molecular weight is 315 g/mol. The smallest absolute Gasteiger partial charge is 0.266 e. The Kier molecular flexibility index (Phi) is 5.51. The summed E-state index contributed by atoms with van der Waals surface area (Å²) in [5.74, 6) is 0.475. The van der Waals surface area contributed by atoms with Gasteiger partial charge in [0.15, 0.2) is 6.61 Å². The summed E-state index contributed by atoms with van der Waals surface area (Å²) in [6.07, 6.45) is 0. The number of nitrogens with zero attached hydrogens (tertiary/aromatic N) is 2. The summed E-state index contributed by atoms with van der Waals surface area (Å²) in [5, 5.41) is 6.82. The second kappa shape index (κ2) is 7.58. The van der Waals surface area contributed by atoms with Crippen molar-refractivity contribution in [2.75, 3.05) is 13.2 Å². The SMILES string of the molecule is Cc1ccc(C)c(OCC(=O)NCCn2nc(C)ccc2=O)c1. The fraction of sp³-hybridized carbons (Fsp3) is 0.353. The van der Waals surface area contributed by atoms with Gasteiger partial charge in [0.1, 0.15) is 5.75 Å². The summed E-state index contributed by atoms with van der Waals surface area (Å²) in [4.78, 5) is 23.4. The van der Waals surface area contributed by atoms with E-state index in [2.05, 4.69) is 10.4 Å². The van der Waals surface area contributed by atoms with E-state index in [0.717, 1.165) is 16.8 Å². The molecule has 0 aliphatic rings. The van der Waals surface area contributed by atoms with Gasteiger partial charge in [-0.1, -0.05) is 12.1 Å². The Morgan fingerprint density at radius 2 is 2.00 bits per heavy atom. The molecule has 6 nitrogen and oxygen atoms in total. The molecule has 0 aliphatic carbocycles. The van der Waals surface area contributed by atoms with Crippen LogP contribution in [0.2, 0.25) is 0 Å². The molecule has 1 amide bonds. The number of carbonyl (C=O) groups excluding carboxylic acids is 1. The highest BCUT2D eigenvalue weighted by Gasteiger charge is 2.05. The zero-order valence-corrected chi connectivity index (χ0v) is 13.6. The van der Waals surface area contributed by atoms with Crippen LogP contribution in [0.25, 0.3) is 0 Å². The molecule has 0 atom stereocenters. The van der Waals surface area contributed by atoms with Crippen LogP contribution in [0.3, 0.4) is 0 Å². The summed E-state index contributed by atoms with van der Waals surface area (Å²) < 4.78 is 6.86. The molecule has 0 saturated heterocycles. The number of ether oxygens (including phenoxy) is 1. The summed E-state index contributed by atoms with van der Waals surface area (Å²) >= 11 is 0. The van der Waals surface area contributed by atoms with E-state index >= 15 is 0 Å². The van der Waals surface area contributed by atoms with Crippen molar-refractivity contribution in [2.24, 2.45) is 0 Å². The van der Waals surface area contributed by atoms with E-state index in [4.69, 9.17) is 4.74 Å². The number of aryl methyl sites for hydroxylation is 3. The maximum atomic E-state index is 11.8. The number of benzene rings is 1. The number of hydrogen-bond acceptors (Lipinski definition) is 4. The Bertz CT molecular complexity index is 753. The van der Waals surface area contributed by atoms with Gasteiger partial charge in [-0.05, 0) is 44.0 Å². The molecular weight excluding hydrogens is 294 g/mol. The molecule has 0 radical (unpaired) electrons. The lowest BCUT2D eigenvalue weighted by Gasteiger charge is -2.10. The van der Waals surface area contributed by atoms with Crippen molar-refractivity contribution in [3.8, 4) is 5.75 Å². The van der Waals surface area contributed by atoms with Crippen molar-refractivity contribution >= 4 is 5.91 Å². The lowest BCUT2D eigenvalue weighted by atomic mass is 10.1. The number of aromatic nitrogens is 2. The molecule has 0 unspecified atom stereocenters. The van der Waals surface area contributed by atoms with Crippen LogP contribution in [0.1, 0.15) is 16.8 Å². The van der Waals surface area contributed by atoms with Crippen LogP contribution >= 0.6 is 0 Å². The van der Waals surface area contributed by atoms with Gasteiger partial charge in [0.05, 0.1) is 12.2 Å². The molecule has 2 aromatic rings. The third-order valence-electron chi connectivity index (χ3n) is 3.35. The highest BCUT2D eigenvalue weighted by molar-refractivity contribution is 5.77. The van der Waals surface area contributed by atoms with Crippen LogP contribution in [0, 0.1) is 20.8 Å². The first-order valence-corrected chi connectivity index (χ1v) is 7.47. The van der Waals surface area contributed by atoms with Crippen LogP contribution in [-0.2, 0) is 11.3 Å². The molecule has 0 spiro atoms. The summed E-state index contributed by atoms with van der Waals surface area (Å²) in [6.45, 7) is 6.31. The highest BCUT2D eigenvalue weighted by atomic mass is 16.5. The van der Waals surface area contributed by atoms with Crippen molar-refractivity contribution in [1.82, 2.24) is 15.1 Å². The molecular formula is C17H21N3O3. The molecule has 0 saturated carbocycles. The predicted octanol–water partition coefficient (Wildman–Crippen LogP) is 1.36. The van der Waals surface area contributed by atoms with Crippen molar-refractivity contribution in [3.63, 3.8) is 0 Å². The third kappa shape index (κ3) is 4.95. The highest BCUT2D eigenvalue weighted by Crippen LogP contribution is 2.18. The summed E-state index contributed by atoms with van der Waals surface area (Å²) in [7, 11) is 0. The Labute approximate surface area is 135 Å². The standard InChI is InChI=1S/C17H21N3O3/c1-12-4-5-13(2)15(10-12)23-11-16(21)18-8-9-20-17(22)7-6-14(3)19-20/h4-7,10H,8-9,11H2,1-3H3,(H,18,21). The van der Waals surface area contributed by atoms with Gasteiger partial charge in [-0.15, -0.1) is 0 Å². The van der Waals surface area contributed by atoms with Gasteiger partial charge in [-0.3, -0.25) is 9.59 Å². The quantitative estimate of drug-likeness (QED) is 0.873. The molecule has 122 valence electrons. The molecule has 23 heavy (non-hydrogen) atoms. The van der Waals surface area contributed by atoms with E-state index in [1.54, 1.807) is 6.07 Å². The van der Waals surface area contributed by atoms with Crippen LogP contribution in [0.15, 0.2) is 35.1 Å². The molecule has 1 N–H and O–H groups in total. The van der Waals surface area contributed by atoms with E-state index in [1.807, 2.05) is 39.0 Å². The Morgan fingerprint density at radius 1 is 1.22 bits per heavy atom. The normalized spacial score (nSPS) is 10.4. The minimum absolute atomic E-state index is 0.0551. The molecule has 0 aliphatic heterocycles. The molecule has 0 fully saturated rings. The van der Waals surface area contributed by atoms with E-state index in [9.17, 15) is 9.59 Å². The van der Waals surface area contributed by atoms with E-state index in [1.165, 1.54) is 10.7 Å². The molecule has 1 heterocycles. The van der Waals surface area contributed by atoms with Crippen LogP contribution in [0.5, 0.6) is 5.75 Å². The fourth-order valence-corrected chi connectivity index (χ4v) is 2.07. The predicted molar refractivity (Wildman–Crippen MR) is 87.7 cm³/mol. The van der Waals surface area contributed by atoms with Gasteiger partial charge in [-0.2, -0.15) is 5.10 Å². The lowest BCUT2D eigenvalue weighted by Crippen LogP contribution is -2.34. The summed E-state index contributed by atoms with van der Waals surface area (Å²) in [6, 6.07) is 8.98. The number of nitrogens with one attached hydrogen (secondary N) is 1. The minimum Gasteiger partial charge on any atom is -0.483 e. The van der Waals surface area contributed by atoms with E-state index < -0.39 is 0 Å². The van der Waals surface area contributed by atoms with Crippen molar-refractivity contribution in [2.45, 2.75) is 27.3 Å². The fourth-order valence-electron chi connectivity index (χ4n) is 2.07. The maximum absolute atomic E-state index is 11.8. The molecule has 6 heteroatoms. The Balaban J connectivity index is 1.80. The first-order valence-electron chi connectivity index (χ1n) is 7.47. The monoisotopic (exact) mass is 315 g/mol.